The van der Waals surface area contributed by atoms with Gasteiger partial charge in [0.1, 0.15) is 0 Å². The van der Waals surface area contributed by atoms with Crippen molar-refractivity contribution in [3.8, 4) is 0 Å². The summed E-state index contributed by atoms with van der Waals surface area (Å²) in [6, 6.07) is 0. The molecule has 0 bridgehead atoms. The van der Waals surface area contributed by atoms with Gasteiger partial charge in [-0.2, -0.15) is 0 Å². The Balaban J connectivity index is 3.97. The molecule has 0 spiro atoms. The Hall–Kier alpha value is -0.0852. The standard InChI is InChI=1S/C11H31B3N4O3/c1-12(19)16-7-4-8-17(13(2)20)9-5-10-18(11-6-15)14(3)21/h16,19-21H,4-11,15H2,1-3H3. The van der Waals surface area contributed by atoms with Crippen LogP contribution < -0.4 is 11.0 Å². The Morgan fingerprint density at radius 2 is 1.33 bits per heavy atom. The fourth-order valence-corrected chi connectivity index (χ4v) is 2.21. The number of rotatable bonds is 13. The van der Waals surface area contributed by atoms with Gasteiger partial charge >= 0.3 is 21.2 Å². The fourth-order valence-electron chi connectivity index (χ4n) is 2.21. The van der Waals surface area contributed by atoms with Crippen LogP contribution in [-0.2, 0) is 0 Å². The third-order valence-corrected chi connectivity index (χ3v) is 3.43. The van der Waals surface area contributed by atoms with Crippen molar-refractivity contribution in [1.82, 2.24) is 14.8 Å². The Bertz CT molecular complexity index is 251. The highest BCUT2D eigenvalue weighted by molar-refractivity contribution is 6.46. The van der Waals surface area contributed by atoms with Gasteiger partial charge < -0.3 is 35.7 Å². The van der Waals surface area contributed by atoms with Gasteiger partial charge in [0.25, 0.3) is 0 Å². The molecule has 0 aliphatic heterocycles. The zero-order valence-electron chi connectivity index (χ0n) is 13.7. The Morgan fingerprint density at radius 1 is 0.857 bits per heavy atom. The van der Waals surface area contributed by atoms with Gasteiger partial charge in [0.15, 0.2) is 0 Å². The van der Waals surface area contributed by atoms with Crippen LogP contribution in [0.2, 0.25) is 20.5 Å². The van der Waals surface area contributed by atoms with E-state index in [2.05, 4.69) is 5.23 Å². The third-order valence-electron chi connectivity index (χ3n) is 3.43. The molecule has 0 aliphatic rings. The molecule has 0 fully saturated rings. The lowest BCUT2D eigenvalue weighted by atomic mass is 9.83. The molecule has 0 saturated heterocycles. The van der Waals surface area contributed by atoms with Gasteiger partial charge in [0, 0.05) is 13.1 Å². The highest BCUT2D eigenvalue weighted by atomic mass is 16.2. The van der Waals surface area contributed by atoms with E-state index in [1.54, 1.807) is 20.5 Å². The molecule has 122 valence electrons. The van der Waals surface area contributed by atoms with E-state index in [9.17, 15) is 10.0 Å². The van der Waals surface area contributed by atoms with Crippen molar-refractivity contribution in [2.24, 2.45) is 5.73 Å². The zero-order chi connectivity index (χ0) is 16.3. The Kier molecular flexibility index (Phi) is 12.4. The first-order chi connectivity index (χ1) is 9.88. The summed E-state index contributed by atoms with van der Waals surface area (Å²) in [7, 11) is -1.49. The molecule has 0 aromatic carbocycles. The molecule has 0 heterocycles. The summed E-state index contributed by atoms with van der Waals surface area (Å²) in [6.07, 6.45) is 1.72. The zero-order valence-corrected chi connectivity index (χ0v) is 13.7. The molecule has 6 N–H and O–H groups in total. The number of hydrogen-bond donors (Lipinski definition) is 5. The van der Waals surface area contributed by atoms with Crippen LogP contribution in [-0.4, -0.2) is 85.1 Å². The minimum Gasteiger partial charge on any atom is -0.437 e. The lowest BCUT2D eigenvalue weighted by molar-refractivity contribution is 0.318. The number of hydrogen-bond acceptors (Lipinski definition) is 7. The minimum absolute atomic E-state index is 0.494. The normalized spacial score (nSPS) is 11.3. The Labute approximate surface area is 130 Å². The second-order valence-corrected chi connectivity index (χ2v) is 5.46. The van der Waals surface area contributed by atoms with Gasteiger partial charge in [-0.25, -0.2) is 0 Å². The van der Waals surface area contributed by atoms with E-state index in [0.29, 0.717) is 19.6 Å². The number of nitrogens with zero attached hydrogens (tertiary/aromatic N) is 2. The van der Waals surface area contributed by atoms with Crippen molar-refractivity contribution in [3.63, 3.8) is 0 Å². The molecule has 0 aromatic rings. The molecule has 0 atom stereocenters. The molecular weight excluding hydrogens is 269 g/mol. The van der Waals surface area contributed by atoms with E-state index in [-0.39, 0.29) is 0 Å². The van der Waals surface area contributed by atoms with E-state index in [0.717, 1.165) is 32.5 Å². The van der Waals surface area contributed by atoms with Crippen LogP contribution >= 0.6 is 0 Å². The molecule has 21 heavy (non-hydrogen) atoms. The van der Waals surface area contributed by atoms with Gasteiger partial charge in [-0.3, -0.25) is 0 Å². The topological polar surface area (TPSA) is 105 Å². The summed E-state index contributed by atoms with van der Waals surface area (Å²) in [6.45, 7) is 9.38. The molecule has 0 rings (SSSR count). The summed E-state index contributed by atoms with van der Waals surface area (Å²) < 4.78 is 0. The van der Waals surface area contributed by atoms with E-state index in [4.69, 9.17) is 10.8 Å². The van der Waals surface area contributed by atoms with Crippen molar-refractivity contribution >= 4 is 21.2 Å². The maximum Gasteiger partial charge on any atom is 0.376 e. The number of nitrogens with one attached hydrogen (secondary N) is 1. The second kappa shape index (κ2) is 12.5. The molecule has 10 heteroatoms. The Morgan fingerprint density at radius 3 is 1.76 bits per heavy atom. The maximum atomic E-state index is 9.77. The molecule has 0 radical (unpaired) electrons. The van der Waals surface area contributed by atoms with E-state index in [1.165, 1.54) is 0 Å². The summed E-state index contributed by atoms with van der Waals surface area (Å²) in [5.41, 5.74) is 5.52. The van der Waals surface area contributed by atoms with Crippen LogP contribution in [0.4, 0.5) is 0 Å². The van der Waals surface area contributed by atoms with Crippen molar-refractivity contribution in [2.45, 2.75) is 33.3 Å². The van der Waals surface area contributed by atoms with Crippen LogP contribution in [0.3, 0.4) is 0 Å². The SMILES string of the molecule is CB(O)NCCCN(CCCN(CCN)B(C)O)B(C)O. The first kappa shape index (κ1) is 20.9. The lowest BCUT2D eigenvalue weighted by Crippen LogP contribution is -2.44. The van der Waals surface area contributed by atoms with E-state index < -0.39 is 21.2 Å². The number of nitrogens with two attached hydrogens (primary N) is 1. The molecule has 7 nitrogen and oxygen atoms in total. The minimum atomic E-state index is -0.499. The first-order valence-corrected chi connectivity index (χ1v) is 7.84. The fraction of sp³-hybridized carbons (Fsp3) is 1.00. The molecule has 0 unspecified atom stereocenters. The largest absolute Gasteiger partial charge is 0.437 e. The average Bonchev–Trinajstić information content (AvgIpc) is 2.39. The van der Waals surface area contributed by atoms with Crippen LogP contribution in [0.15, 0.2) is 0 Å². The van der Waals surface area contributed by atoms with Crippen molar-refractivity contribution in [2.75, 3.05) is 39.3 Å². The van der Waals surface area contributed by atoms with Crippen LogP contribution in [0.5, 0.6) is 0 Å². The summed E-state index contributed by atoms with van der Waals surface area (Å²) in [5, 5.41) is 31.4. The predicted molar refractivity (Wildman–Crippen MR) is 90.9 cm³/mol. The smallest absolute Gasteiger partial charge is 0.376 e. The van der Waals surface area contributed by atoms with Gasteiger partial charge in [0.05, 0.1) is 0 Å². The van der Waals surface area contributed by atoms with E-state index in [1.807, 2.05) is 9.62 Å². The van der Waals surface area contributed by atoms with Crippen LogP contribution in [0, 0.1) is 0 Å². The lowest BCUT2D eigenvalue weighted by Gasteiger charge is -2.26. The summed E-state index contributed by atoms with van der Waals surface area (Å²) in [5.74, 6) is 0. The van der Waals surface area contributed by atoms with Crippen molar-refractivity contribution in [3.05, 3.63) is 0 Å². The van der Waals surface area contributed by atoms with Crippen LogP contribution in [0.1, 0.15) is 12.8 Å². The maximum absolute atomic E-state index is 9.77. The van der Waals surface area contributed by atoms with E-state index >= 15 is 0 Å². The molecular formula is C11H31B3N4O3. The monoisotopic (exact) mass is 300 g/mol. The third kappa shape index (κ3) is 11.2. The van der Waals surface area contributed by atoms with Crippen molar-refractivity contribution < 1.29 is 15.1 Å². The summed E-state index contributed by atoms with van der Waals surface area (Å²) in [4.78, 5) is 3.92. The quantitative estimate of drug-likeness (QED) is 0.203. The molecule has 0 amide bonds. The highest BCUT2D eigenvalue weighted by Crippen LogP contribution is 2.00. The van der Waals surface area contributed by atoms with Crippen molar-refractivity contribution in [1.29, 1.82) is 0 Å². The molecule has 0 aromatic heterocycles. The van der Waals surface area contributed by atoms with Gasteiger partial charge in [0.2, 0.25) is 0 Å². The second-order valence-electron chi connectivity index (χ2n) is 5.46. The van der Waals surface area contributed by atoms with Gasteiger partial charge in [-0.05, 0) is 59.5 Å². The predicted octanol–water partition coefficient (Wildman–Crippen LogP) is -1.75. The van der Waals surface area contributed by atoms with Crippen LogP contribution in [0.25, 0.3) is 0 Å². The summed E-state index contributed by atoms with van der Waals surface area (Å²) >= 11 is 0. The van der Waals surface area contributed by atoms with Gasteiger partial charge in [-0.15, -0.1) is 0 Å². The molecule has 0 saturated carbocycles. The first-order valence-electron chi connectivity index (χ1n) is 7.84. The average molecular weight is 300 g/mol. The van der Waals surface area contributed by atoms with Gasteiger partial charge in [-0.1, -0.05) is 0 Å². The molecule has 0 aliphatic carbocycles. The highest BCUT2D eigenvalue weighted by Gasteiger charge is 2.18.